The molecule has 1 aromatic carbocycles. The van der Waals surface area contributed by atoms with Crippen molar-refractivity contribution in [3.05, 3.63) is 50.9 Å². The third-order valence-electron chi connectivity index (χ3n) is 3.71. The summed E-state index contributed by atoms with van der Waals surface area (Å²) in [6.07, 6.45) is 2.46. The average molecular weight is 325 g/mol. The summed E-state index contributed by atoms with van der Waals surface area (Å²) in [6, 6.07) is 3.42. The van der Waals surface area contributed by atoms with Crippen molar-refractivity contribution in [3.8, 4) is 0 Å². The molecule has 6 nitrogen and oxygen atoms in total. The minimum absolute atomic E-state index is 0.171. The van der Waals surface area contributed by atoms with Gasteiger partial charge in [-0.05, 0) is 37.5 Å². The molecule has 1 saturated heterocycles. The molecule has 2 heterocycles. The first-order valence-electron chi connectivity index (χ1n) is 6.96. The van der Waals surface area contributed by atoms with Crippen LogP contribution in [0, 0.1) is 5.82 Å². The molecule has 0 saturated carbocycles. The number of carbonyl (C=O) groups is 1. The van der Waals surface area contributed by atoms with Gasteiger partial charge in [0.15, 0.2) is 5.82 Å². The predicted octanol–water partition coefficient (Wildman–Crippen LogP) is 2.26. The highest BCUT2D eigenvalue weighted by Gasteiger charge is 2.31. The quantitative estimate of drug-likeness (QED) is 0.889. The minimum atomic E-state index is -0.558. The fourth-order valence-corrected chi connectivity index (χ4v) is 2.96. The number of H-pyrrole nitrogens is 2. The van der Waals surface area contributed by atoms with Gasteiger partial charge in [-0.1, -0.05) is 11.6 Å². The highest BCUT2D eigenvalue weighted by atomic mass is 35.5. The first-order chi connectivity index (χ1) is 10.5. The Morgan fingerprint density at radius 3 is 2.86 bits per heavy atom. The maximum atomic E-state index is 13.5. The molecule has 1 atom stereocenters. The fraction of sp³-hybridized carbons (Fsp3) is 0.357. The van der Waals surface area contributed by atoms with Crippen molar-refractivity contribution in [1.82, 2.24) is 20.1 Å². The molecule has 0 bridgehead atoms. The molecule has 0 aliphatic carbocycles. The van der Waals surface area contributed by atoms with Crippen molar-refractivity contribution in [2.24, 2.45) is 0 Å². The third kappa shape index (κ3) is 2.89. The van der Waals surface area contributed by atoms with Gasteiger partial charge in [0.05, 0.1) is 6.04 Å². The molecule has 0 radical (unpaired) electrons. The van der Waals surface area contributed by atoms with Crippen molar-refractivity contribution in [2.45, 2.75) is 25.3 Å². The summed E-state index contributed by atoms with van der Waals surface area (Å²) in [5.41, 5.74) is -0.225. The van der Waals surface area contributed by atoms with Gasteiger partial charge < -0.3 is 4.90 Å². The van der Waals surface area contributed by atoms with E-state index in [1.807, 2.05) is 0 Å². The molecule has 1 aliphatic rings. The number of carbonyl (C=O) groups excluding carboxylic acids is 1. The van der Waals surface area contributed by atoms with Crippen LogP contribution in [0.3, 0.4) is 0 Å². The molecule has 1 fully saturated rings. The van der Waals surface area contributed by atoms with Crippen molar-refractivity contribution in [3.63, 3.8) is 0 Å². The van der Waals surface area contributed by atoms with Crippen LogP contribution in [-0.2, 0) is 0 Å². The Kier molecular flexibility index (Phi) is 3.98. The van der Waals surface area contributed by atoms with Crippen molar-refractivity contribution in [1.29, 1.82) is 0 Å². The van der Waals surface area contributed by atoms with Gasteiger partial charge in [-0.25, -0.2) is 14.3 Å². The van der Waals surface area contributed by atoms with Gasteiger partial charge in [-0.2, -0.15) is 5.10 Å². The standard InChI is InChI=1S/C14H14ClFN4O2/c15-9-5-8(6-10(16)7-9)13(21)20-4-2-1-3-11(20)12-17-14(22)19-18-12/h5-7,11H,1-4H2,(H2,17,18,19,22). The van der Waals surface area contributed by atoms with Gasteiger partial charge in [-0.3, -0.25) is 9.78 Å². The lowest BCUT2D eigenvalue weighted by molar-refractivity contribution is 0.0600. The van der Waals surface area contributed by atoms with E-state index in [0.29, 0.717) is 18.8 Å². The molecule has 1 aromatic heterocycles. The average Bonchev–Trinajstić information content (AvgIpc) is 2.92. The molecule has 1 aliphatic heterocycles. The Balaban J connectivity index is 1.93. The summed E-state index contributed by atoms with van der Waals surface area (Å²) in [7, 11) is 0. The van der Waals surface area contributed by atoms with E-state index >= 15 is 0 Å². The lowest BCUT2D eigenvalue weighted by atomic mass is 10.00. The van der Waals surface area contributed by atoms with E-state index in [4.69, 9.17) is 11.6 Å². The maximum Gasteiger partial charge on any atom is 0.340 e. The Labute approximate surface area is 130 Å². The predicted molar refractivity (Wildman–Crippen MR) is 78.2 cm³/mol. The first kappa shape index (κ1) is 14.8. The molecule has 8 heteroatoms. The molecule has 116 valence electrons. The topological polar surface area (TPSA) is 81.8 Å². The Morgan fingerprint density at radius 2 is 2.18 bits per heavy atom. The van der Waals surface area contributed by atoms with E-state index in [1.165, 1.54) is 6.07 Å². The number of benzene rings is 1. The molecule has 2 N–H and O–H groups in total. The molecule has 2 aromatic rings. The van der Waals surface area contributed by atoms with Crippen LogP contribution in [0.2, 0.25) is 5.02 Å². The maximum absolute atomic E-state index is 13.5. The van der Waals surface area contributed by atoms with E-state index in [0.717, 1.165) is 25.0 Å². The zero-order chi connectivity index (χ0) is 15.7. The number of halogens is 2. The highest BCUT2D eigenvalue weighted by molar-refractivity contribution is 6.31. The highest BCUT2D eigenvalue weighted by Crippen LogP contribution is 2.30. The van der Waals surface area contributed by atoms with Gasteiger partial charge >= 0.3 is 5.69 Å². The number of likely N-dealkylation sites (tertiary alicyclic amines) is 1. The van der Waals surface area contributed by atoms with Crippen molar-refractivity contribution in [2.75, 3.05) is 6.54 Å². The number of piperidine rings is 1. The Hall–Kier alpha value is -2.15. The summed E-state index contributed by atoms with van der Waals surface area (Å²) >= 11 is 5.81. The van der Waals surface area contributed by atoms with Gasteiger partial charge in [-0.15, -0.1) is 0 Å². The summed E-state index contributed by atoms with van der Waals surface area (Å²) in [4.78, 5) is 28.1. The van der Waals surface area contributed by atoms with Crippen LogP contribution in [0.1, 0.15) is 41.5 Å². The smallest absolute Gasteiger partial charge is 0.328 e. The monoisotopic (exact) mass is 324 g/mol. The summed E-state index contributed by atoms with van der Waals surface area (Å²) < 4.78 is 13.5. The van der Waals surface area contributed by atoms with E-state index < -0.39 is 11.5 Å². The van der Waals surface area contributed by atoms with E-state index in [-0.39, 0.29) is 22.5 Å². The van der Waals surface area contributed by atoms with Gasteiger partial charge in [0, 0.05) is 17.1 Å². The Morgan fingerprint density at radius 1 is 1.36 bits per heavy atom. The summed E-state index contributed by atoms with van der Waals surface area (Å²) in [5.74, 6) is -0.465. The SMILES string of the molecule is O=C(c1cc(F)cc(Cl)c1)N1CCCCC1c1n[nH]c(=O)[nH]1. The second-order valence-electron chi connectivity index (χ2n) is 5.23. The number of hydrogen-bond acceptors (Lipinski definition) is 3. The van der Waals surface area contributed by atoms with Gasteiger partial charge in [0.2, 0.25) is 0 Å². The number of aromatic nitrogens is 3. The lowest BCUT2D eigenvalue weighted by Gasteiger charge is -2.34. The van der Waals surface area contributed by atoms with E-state index in [9.17, 15) is 14.0 Å². The Bertz CT molecular complexity index is 737. The molecule has 1 unspecified atom stereocenters. The van der Waals surface area contributed by atoms with Crippen molar-refractivity contribution < 1.29 is 9.18 Å². The third-order valence-corrected chi connectivity index (χ3v) is 3.93. The van der Waals surface area contributed by atoms with Gasteiger partial charge in [0.25, 0.3) is 5.91 Å². The van der Waals surface area contributed by atoms with Crippen LogP contribution in [0.5, 0.6) is 0 Å². The van der Waals surface area contributed by atoms with Crippen LogP contribution in [0.25, 0.3) is 0 Å². The number of hydrogen-bond donors (Lipinski definition) is 2. The summed E-state index contributed by atoms with van der Waals surface area (Å²) in [5, 5.41) is 6.39. The first-order valence-corrected chi connectivity index (χ1v) is 7.34. The zero-order valence-corrected chi connectivity index (χ0v) is 12.4. The molecular weight excluding hydrogens is 311 g/mol. The largest absolute Gasteiger partial charge is 0.340 e. The minimum Gasteiger partial charge on any atom is -0.328 e. The lowest BCUT2D eigenvalue weighted by Crippen LogP contribution is -2.39. The van der Waals surface area contributed by atoms with E-state index in [1.54, 1.807) is 4.90 Å². The molecule has 0 spiro atoms. The van der Waals surface area contributed by atoms with Gasteiger partial charge in [0.1, 0.15) is 5.82 Å². The fourth-order valence-electron chi connectivity index (χ4n) is 2.74. The normalized spacial score (nSPS) is 18.5. The van der Waals surface area contributed by atoms with Crippen LogP contribution in [0.15, 0.2) is 23.0 Å². The molecular formula is C14H14ClFN4O2. The number of nitrogens with zero attached hydrogens (tertiary/aromatic N) is 2. The number of amides is 1. The molecule has 22 heavy (non-hydrogen) atoms. The van der Waals surface area contributed by atoms with Crippen molar-refractivity contribution >= 4 is 17.5 Å². The second kappa shape index (κ2) is 5.92. The number of aromatic amines is 2. The van der Waals surface area contributed by atoms with Crippen LogP contribution >= 0.6 is 11.6 Å². The van der Waals surface area contributed by atoms with Crippen LogP contribution in [-0.4, -0.2) is 32.5 Å². The molecule has 3 rings (SSSR count). The van der Waals surface area contributed by atoms with E-state index in [2.05, 4.69) is 15.2 Å². The van der Waals surface area contributed by atoms with Crippen LogP contribution < -0.4 is 5.69 Å². The number of nitrogens with one attached hydrogen (secondary N) is 2. The molecule has 1 amide bonds. The second-order valence-corrected chi connectivity index (χ2v) is 5.67. The van der Waals surface area contributed by atoms with Crippen LogP contribution in [0.4, 0.5) is 4.39 Å². The zero-order valence-electron chi connectivity index (χ0n) is 11.6. The summed E-state index contributed by atoms with van der Waals surface area (Å²) in [6.45, 7) is 0.520. The number of rotatable bonds is 2.